The number of carbonyl (C=O) groups is 1. The Morgan fingerprint density at radius 3 is 2.63 bits per heavy atom. The highest BCUT2D eigenvalue weighted by atomic mass is 16.4. The van der Waals surface area contributed by atoms with Crippen molar-refractivity contribution in [1.82, 2.24) is 5.32 Å². The lowest BCUT2D eigenvalue weighted by Gasteiger charge is -2.25. The first-order chi connectivity index (χ1) is 9.24. The number of fused-ring (bicyclic) bond motifs is 2. The van der Waals surface area contributed by atoms with Crippen molar-refractivity contribution >= 4 is 5.97 Å². The van der Waals surface area contributed by atoms with Gasteiger partial charge in [0.1, 0.15) is 0 Å². The van der Waals surface area contributed by atoms with Gasteiger partial charge in [0.2, 0.25) is 0 Å². The summed E-state index contributed by atoms with van der Waals surface area (Å²) in [5.41, 5.74) is 0.894. The van der Waals surface area contributed by atoms with Crippen LogP contribution in [0.3, 0.4) is 0 Å². The van der Waals surface area contributed by atoms with Crippen molar-refractivity contribution in [2.45, 2.75) is 37.6 Å². The maximum Gasteiger partial charge on any atom is 0.312 e. The molecule has 3 nitrogen and oxygen atoms in total. The van der Waals surface area contributed by atoms with Gasteiger partial charge in [0.05, 0.1) is 5.92 Å². The highest BCUT2D eigenvalue weighted by Gasteiger charge is 2.39. The van der Waals surface area contributed by atoms with Crippen molar-refractivity contribution < 1.29 is 9.90 Å². The molecule has 102 valence electrons. The van der Waals surface area contributed by atoms with Crippen LogP contribution in [0.15, 0.2) is 30.3 Å². The number of rotatable bonds is 5. The van der Waals surface area contributed by atoms with Gasteiger partial charge in [-0.15, -0.1) is 0 Å². The summed E-state index contributed by atoms with van der Waals surface area (Å²) in [4.78, 5) is 11.4. The zero-order valence-electron chi connectivity index (χ0n) is 11.1. The third-order valence-electron chi connectivity index (χ3n) is 4.82. The van der Waals surface area contributed by atoms with Gasteiger partial charge in [0.15, 0.2) is 0 Å². The smallest absolute Gasteiger partial charge is 0.312 e. The Balaban J connectivity index is 1.61. The minimum Gasteiger partial charge on any atom is -0.481 e. The molecule has 3 rings (SSSR count). The third-order valence-corrected chi connectivity index (χ3v) is 4.82. The molecular formula is C16H21NO2. The molecule has 0 spiro atoms. The first kappa shape index (κ1) is 12.7. The van der Waals surface area contributed by atoms with Gasteiger partial charge < -0.3 is 10.4 Å². The molecule has 1 aromatic rings. The summed E-state index contributed by atoms with van der Waals surface area (Å²) in [6, 6.07) is 10.1. The molecule has 0 amide bonds. The molecule has 0 aliphatic heterocycles. The van der Waals surface area contributed by atoms with Gasteiger partial charge in [-0.25, -0.2) is 0 Å². The van der Waals surface area contributed by atoms with Crippen LogP contribution in [0.1, 0.15) is 37.2 Å². The van der Waals surface area contributed by atoms with E-state index in [2.05, 4.69) is 5.32 Å². The fraction of sp³-hybridized carbons (Fsp3) is 0.562. The maximum absolute atomic E-state index is 11.4. The predicted molar refractivity (Wildman–Crippen MR) is 74.1 cm³/mol. The second-order valence-corrected chi connectivity index (χ2v) is 5.99. The van der Waals surface area contributed by atoms with Gasteiger partial charge in [-0.05, 0) is 36.7 Å². The molecule has 1 aromatic carbocycles. The maximum atomic E-state index is 11.4. The summed E-state index contributed by atoms with van der Waals surface area (Å²) >= 11 is 0. The van der Waals surface area contributed by atoms with Crippen molar-refractivity contribution in [1.29, 1.82) is 0 Å². The fourth-order valence-electron chi connectivity index (χ4n) is 3.80. The lowest BCUT2D eigenvalue weighted by atomic mass is 9.93. The van der Waals surface area contributed by atoms with E-state index in [-0.39, 0.29) is 0 Å². The van der Waals surface area contributed by atoms with Crippen LogP contribution < -0.4 is 5.32 Å². The summed E-state index contributed by atoms with van der Waals surface area (Å²) in [7, 11) is 0. The van der Waals surface area contributed by atoms with Crippen molar-refractivity contribution in [3.63, 3.8) is 0 Å². The number of benzene rings is 1. The van der Waals surface area contributed by atoms with E-state index in [1.807, 2.05) is 30.3 Å². The minimum absolute atomic E-state index is 0.430. The molecular weight excluding hydrogens is 238 g/mol. The number of aliphatic carboxylic acids is 1. The second kappa shape index (κ2) is 5.33. The Bertz CT molecular complexity index is 445. The molecule has 2 bridgehead atoms. The molecule has 3 heteroatoms. The highest BCUT2D eigenvalue weighted by Crippen LogP contribution is 2.44. The van der Waals surface area contributed by atoms with E-state index in [9.17, 15) is 9.90 Å². The summed E-state index contributed by atoms with van der Waals surface area (Å²) in [6.45, 7) is 0.549. The average molecular weight is 259 g/mol. The van der Waals surface area contributed by atoms with E-state index in [1.54, 1.807) is 0 Å². The molecule has 2 aliphatic carbocycles. The van der Waals surface area contributed by atoms with Crippen LogP contribution in [0.25, 0.3) is 0 Å². The molecule has 0 saturated heterocycles. The van der Waals surface area contributed by atoms with Gasteiger partial charge in [-0.1, -0.05) is 36.8 Å². The first-order valence-electron chi connectivity index (χ1n) is 7.25. The van der Waals surface area contributed by atoms with Crippen molar-refractivity contribution in [3.05, 3.63) is 35.9 Å². The molecule has 0 heterocycles. The number of hydrogen-bond acceptors (Lipinski definition) is 2. The second-order valence-electron chi connectivity index (χ2n) is 5.99. The molecule has 2 aliphatic rings. The molecule has 4 atom stereocenters. The van der Waals surface area contributed by atoms with Gasteiger partial charge in [-0.2, -0.15) is 0 Å². The minimum atomic E-state index is -0.734. The van der Waals surface area contributed by atoms with Crippen LogP contribution in [-0.2, 0) is 4.79 Å². The first-order valence-corrected chi connectivity index (χ1v) is 7.25. The zero-order valence-corrected chi connectivity index (χ0v) is 11.1. The monoisotopic (exact) mass is 259 g/mol. The van der Waals surface area contributed by atoms with E-state index >= 15 is 0 Å². The molecule has 19 heavy (non-hydrogen) atoms. The van der Waals surface area contributed by atoms with E-state index in [4.69, 9.17) is 0 Å². The largest absolute Gasteiger partial charge is 0.481 e. The van der Waals surface area contributed by atoms with Crippen LogP contribution in [0.4, 0.5) is 0 Å². The van der Waals surface area contributed by atoms with E-state index in [1.165, 1.54) is 25.7 Å². The van der Waals surface area contributed by atoms with Gasteiger partial charge in [-0.3, -0.25) is 4.79 Å². The Morgan fingerprint density at radius 1 is 1.26 bits per heavy atom. The van der Waals surface area contributed by atoms with Gasteiger partial charge >= 0.3 is 5.97 Å². The van der Waals surface area contributed by atoms with Crippen LogP contribution in [0, 0.1) is 11.8 Å². The topological polar surface area (TPSA) is 49.3 Å². The standard InChI is InChI=1S/C16H21NO2/c18-16(19)14(12-4-2-1-3-5-12)10-17-15-9-11-6-7-13(15)8-11/h1-5,11,13-15,17H,6-10H2,(H,18,19). The van der Waals surface area contributed by atoms with E-state index in [0.717, 1.165) is 17.4 Å². The Hall–Kier alpha value is -1.35. The Kier molecular flexibility index (Phi) is 3.56. The molecule has 0 aromatic heterocycles. The van der Waals surface area contributed by atoms with Crippen molar-refractivity contribution in [2.75, 3.05) is 6.54 Å². The molecule has 4 unspecified atom stereocenters. The number of carboxylic acids is 1. The van der Waals surface area contributed by atoms with Crippen LogP contribution in [0.2, 0.25) is 0 Å². The van der Waals surface area contributed by atoms with Crippen molar-refractivity contribution in [2.24, 2.45) is 11.8 Å². The lowest BCUT2D eigenvalue weighted by Crippen LogP contribution is -2.38. The normalized spacial score (nSPS) is 30.4. The summed E-state index contributed by atoms with van der Waals surface area (Å²) in [5, 5.41) is 12.9. The van der Waals surface area contributed by atoms with E-state index in [0.29, 0.717) is 12.6 Å². The SMILES string of the molecule is O=C(O)C(CNC1CC2CCC1C2)c1ccccc1. The molecule has 2 N–H and O–H groups in total. The van der Waals surface area contributed by atoms with Crippen LogP contribution >= 0.6 is 0 Å². The zero-order chi connectivity index (χ0) is 13.2. The van der Waals surface area contributed by atoms with Crippen LogP contribution in [0.5, 0.6) is 0 Å². The van der Waals surface area contributed by atoms with Crippen LogP contribution in [-0.4, -0.2) is 23.7 Å². The molecule has 2 saturated carbocycles. The average Bonchev–Trinajstić information content (AvgIpc) is 3.02. The number of hydrogen-bond donors (Lipinski definition) is 2. The number of carboxylic acid groups (broad SMARTS) is 1. The Morgan fingerprint density at radius 2 is 2.05 bits per heavy atom. The summed E-state index contributed by atoms with van der Waals surface area (Å²) in [5.74, 6) is 0.514. The molecule has 2 fully saturated rings. The third kappa shape index (κ3) is 2.66. The lowest BCUT2D eigenvalue weighted by molar-refractivity contribution is -0.138. The predicted octanol–water partition coefficient (Wildman–Crippen LogP) is 2.63. The number of nitrogens with one attached hydrogen (secondary N) is 1. The molecule has 0 radical (unpaired) electrons. The van der Waals surface area contributed by atoms with Gasteiger partial charge in [0.25, 0.3) is 0 Å². The van der Waals surface area contributed by atoms with Crippen molar-refractivity contribution in [3.8, 4) is 0 Å². The Labute approximate surface area is 114 Å². The fourth-order valence-corrected chi connectivity index (χ4v) is 3.80. The summed E-state index contributed by atoms with van der Waals surface area (Å²) < 4.78 is 0. The van der Waals surface area contributed by atoms with Gasteiger partial charge in [0, 0.05) is 12.6 Å². The van der Waals surface area contributed by atoms with E-state index < -0.39 is 11.9 Å². The summed E-state index contributed by atoms with van der Waals surface area (Å²) in [6.07, 6.45) is 5.29. The highest BCUT2D eigenvalue weighted by molar-refractivity contribution is 5.76. The quantitative estimate of drug-likeness (QED) is 0.854.